The number of likely N-dealkylation sites (N-methyl/N-ethyl adjacent to an activating group) is 1. The summed E-state index contributed by atoms with van der Waals surface area (Å²) >= 11 is 0. The van der Waals surface area contributed by atoms with E-state index in [1.807, 2.05) is 54.7 Å². The zero-order valence-corrected chi connectivity index (χ0v) is 14.9. The van der Waals surface area contributed by atoms with Gasteiger partial charge in [0.05, 0.1) is 13.3 Å². The number of hydrogen-bond acceptors (Lipinski definition) is 5. The van der Waals surface area contributed by atoms with Gasteiger partial charge in [-0.25, -0.2) is 0 Å². The van der Waals surface area contributed by atoms with E-state index in [0.717, 1.165) is 48.8 Å². The second kappa shape index (κ2) is 8.53. The molecule has 1 aliphatic heterocycles. The smallest absolute Gasteiger partial charge is 0.161 e. The number of rotatable bonds is 6. The van der Waals surface area contributed by atoms with Gasteiger partial charge in [0.1, 0.15) is 6.61 Å². The highest BCUT2D eigenvalue weighted by Crippen LogP contribution is 2.28. The van der Waals surface area contributed by atoms with Gasteiger partial charge in [-0.1, -0.05) is 30.3 Å². The fraction of sp³-hybridized carbons (Fsp3) is 0.350. The van der Waals surface area contributed by atoms with Crippen molar-refractivity contribution in [3.63, 3.8) is 0 Å². The third kappa shape index (κ3) is 4.97. The van der Waals surface area contributed by atoms with Crippen LogP contribution in [-0.4, -0.2) is 56.5 Å². The van der Waals surface area contributed by atoms with Gasteiger partial charge in [-0.05, 0) is 36.4 Å². The van der Waals surface area contributed by atoms with Crippen molar-refractivity contribution in [2.45, 2.75) is 6.61 Å². The predicted octanol–water partition coefficient (Wildman–Crippen LogP) is 2.86. The first-order valence-electron chi connectivity index (χ1n) is 8.57. The van der Waals surface area contributed by atoms with Gasteiger partial charge in [0.2, 0.25) is 0 Å². The van der Waals surface area contributed by atoms with Crippen molar-refractivity contribution < 1.29 is 9.47 Å². The quantitative estimate of drug-likeness (QED) is 0.759. The van der Waals surface area contributed by atoms with Crippen LogP contribution >= 0.6 is 0 Å². The molecule has 1 saturated heterocycles. The standard InChI is InChI=1S/C20H25N3O2/c1-22-10-12-23(13-11-22)21-15-18-8-9-19(20(14-18)24-2)25-16-17-6-4-3-5-7-17/h3-9,14-15H,10-13,16H2,1-2H3. The van der Waals surface area contributed by atoms with Crippen molar-refractivity contribution in [1.29, 1.82) is 0 Å². The third-order valence-corrected chi connectivity index (χ3v) is 4.27. The molecule has 2 aromatic carbocycles. The molecular formula is C20H25N3O2. The summed E-state index contributed by atoms with van der Waals surface area (Å²) in [6, 6.07) is 16.0. The molecule has 5 nitrogen and oxygen atoms in total. The molecule has 1 fully saturated rings. The Hall–Kier alpha value is -2.53. The summed E-state index contributed by atoms with van der Waals surface area (Å²) < 4.78 is 11.4. The first kappa shape index (κ1) is 17.3. The molecule has 5 heteroatoms. The maximum Gasteiger partial charge on any atom is 0.161 e. The van der Waals surface area contributed by atoms with E-state index in [1.165, 1.54) is 0 Å². The molecule has 0 saturated carbocycles. The van der Waals surface area contributed by atoms with E-state index in [4.69, 9.17) is 9.47 Å². The molecule has 0 bridgehead atoms. The minimum absolute atomic E-state index is 0.520. The zero-order valence-electron chi connectivity index (χ0n) is 14.9. The molecule has 3 rings (SSSR count). The summed E-state index contributed by atoms with van der Waals surface area (Å²) in [5, 5.41) is 6.68. The van der Waals surface area contributed by atoms with E-state index < -0.39 is 0 Å². The van der Waals surface area contributed by atoms with Crippen LogP contribution in [0.25, 0.3) is 0 Å². The Labute approximate surface area is 149 Å². The topological polar surface area (TPSA) is 37.3 Å². The normalized spacial score (nSPS) is 15.5. The monoisotopic (exact) mass is 339 g/mol. The first-order valence-corrected chi connectivity index (χ1v) is 8.57. The van der Waals surface area contributed by atoms with Crippen molar-refractivity contribution in [2.75, 3.05) is 40.3 Å². The summed E-state index contributed by atoms with van der Waals surface area (Å²) in [4.78, 5) is 2.31. The molecule has 0 radical (unpaired) electrons. The molecular weight excluding hydrogens is 314 g/mol. The van der Waals surface area contributed by atoms with E-state index in [1.54, 1.807) is 7.11 Å². The average molecular weight is 339 g/mol. The number of hydrazone groups is 1. The van der Waals surface area contributed by atoms with Gasteiger partial charge >= 0.3 is 0 Å². The summed E-state index contributed by atoms with van der Waals surface area (Å²) in [5.41, 5.74) is 2.13. The SMILES string of the molecule is COc1cc(C=NN2CCN(C)CC2)ccc1OCc1ccccc1. The largest absolute Gasteiger partial charge is 0.493 e. The fourth-order valence-corrected chi connectivity index (χ4v) is 2.68. The van der Waals surface area contributed by atoms with Crippen LogP contribution in [0.4, 0.5) is 0 Å². The summed E-state index contributed by atoms with van der Waals surface area (Å²) in [6.45, 7) is 4.54. The Morgan fingerprint density at radius 1 is 1.00 bits per heavy atom. The summed E-state index contributed by atoms with van der Waals surface area (Å²) in [5.74, 6) is 1.46. The Balaban J connectivity index is 1.63. The minimum Gasteiger partial charge on any atom is -0.493 e. The Kier molecular flexibility index (Phi) is 5.90. The predicted molar refractivity (Wildman–Crippen MR) is 100 cm³/mol. The molecule has 132 valence electrons. The Morgan fingerprint density at radius 3 is 2.48 bits per heavy atom. The van der Waals surface area contributed by atoms with E-state index in [0.29, 0.717) is 6.61 Å². The van der Waals surface area contributed by atoms with Crippen LogP contribution in [0.15, 0.2) is 53.6 Å². The van der Waals surface area contributed by atoms with Crippen molar-refractivity contribution in [3.8, 4) is 11.5 Å². The molecule has 1 aliphatic rings. The number of methoxy groups -OCH3 is 1. The maximum absolute atomic E-state index is 5.89. The number of benzene rings is 2. The van der Waals surface area contributed by atoms with Crippen LogP contribution in [0.1, 0.15) is 11.1 Å². The van der Waals surface area contributed by atoms with Gasteiger partial charge in [-0.2, -0.15) is 5.10 Å². The van der Waals surface area contributed by atoms with Gasteiger partial charge in [0.25, 0.3) is 0 Å². The highest BCUT2D eigenvalue weighted by atomic mass is 16.5. The van der Waals surface area contributed by atoms with E-state index in [9.17, 15) is 0 Å². The molecule has 0 spiro atoms. The number of nitrogens with zero attached hydrogens (tertiary/aromatic N) is 3. The minimum atomic E-state index is 0.520. The van der Waals surface area contributed by atoms with Crippen LogP contribution in [0.2, 0.25) is 0 Å². The van der Waals surface area contributed by atoms with E-state index in [2.05, 4.69) is 22.1 Å². The van der Waals surface area contributed by atoms with Gasteiger partial charge in [0, 0.05) is 26.2 Å². The molecule has 0 unspecified atom stereocenters. The highest BCUT2D eigenvalue weighted by Gasteiger charge is 2.11. The highest BCUT2D eigenvalue weighted by molar-refractivity contribution is 5.80. The van der Waals surface area contributed by atoms with Gasteiger partial charge in [-0.3, -0.25) is 5.01 Å². The van der Waals surface area contributed by atoms with Crippen LogP contribution in [0.3, 0.4) is 0 Å². The van der Waals surface area contributed by atoms with E-state index in [-0.39, 0.29) is 0 Å². The van der Waals surface area contributed by atoms with E-state index >= 15 is 0 Å². The van der Waals surface area contributed by atoms with Crippen molar-refractivity contribution >= 4 is 6.21 Å². The lowest BCUT2D eigenvalue weighted by molar-refractivity contribution is 0.159. The Bertz CT molecular complexity index is 695. The molecule has 1 heterocycles. The second-order valence-corrected chi connectivity index (χ2v) is 6.19. The number of piperazine rings is 1. The molecule has 0 aromatic heterocycles. The lowest BCUT2D eigenvalue weighted by atomic mass is 10.2. The molecule has 0 amide bonds. The zero-order chi connectivity index (χ0) is 17.5. The van der Waals surface area contributed by atoms with Crippen molar-refractivity contribution in [3.05, 3.63) is 59.7 Å². The van der Waals surface area contributed by atoms with Crippen molar-refractivity contribution in [2.24, 2.45) is 5.10 Å². The maximum atomic E-state index is 5.89. The van der Waals surface area contributed by atoms with Crippen LogP contribution in [0.5, 0.6) is 11.5 Å². The lowest BCUT2D eigenvalue weighted by Gasteiger charge is -2.30. The molecule has 0 N–H and O–H groups in total. The first-order chi connectivity index (χ1) is 12.2. The second-order valence-electron chi connectivity index (χ2n) is 6.19. The molecule has 0 atom stereocenters. The van der Waals surface area contributed by atoms with Crippen LogP contribution in [0, 0.1) is 0 Å². The molecule has 25 heavy (non-hydrogen) atoms. The summed E-state index contributed by atoms with van der Waals surface area (Å²) in [6.07, 6.45) is 1.88. The van der Waals surface area contributed by atoms with Crippen LogP contribution < -0.4 is 9.47 Å². The number of ether oxygens (including phenoxy) is 2. The molecule has 2 aromatic rings. The third-order valence-electron chi connectivity index (χ3n) is 4.27. The Morgan fingerprint density at radius 2 is 1.76 bits per heavy atom. The molecule has 0 aliphatic carbocycles. The van der Waals surface area contributed by atoms with Gasteiger partial charge in [0.15, 0.2) is 11.5 Å². The average Bonchev–Trinajstić information content (AvgIpc) is 2.67. The van der Waals surface area contributed by atoms with Crippen molar-refractivity contribution in [1.82, 2.24) is 9.91 Å². The van der Waals surface area contributed by atoms with Gasteiger partial charge in [-0.15, -0.1) is 0 Å². The summed E-state index contributed by atoms with van der Waals surface area (Å²) in [7, 11) is 3.80. The lowest BCUT2D eigenvalue weighted by Crippen LogP contribution is -2.41. The van der Waals surface area contributed by atoms with Gasteiger partial charge < -0.3 is 14.4 Å². The van der Waals surface area contributed by atoms with Crippen LogP contribution in [-0.2, 0) is 6.61 Å². The fourth-order valence-electron chi connectivity index (χ4n) is 2.68. The number of hydrogen-bond donors (Lipinski definition) is 0.